The lowest BCUT2D eigenvalue weighted by Gasteiger charge is -2.33. The Hall–Kier alpha value is -2.61. The van der Waals surface area contributed by atoms with Gasteiger partial charge in [-0.3, -0.25) is 4.79 Å². The van der Waals surface area contributed by atoms with Crippen LogP contribution in [0.2, 0.25) is 0 Å². The molecule has 27 heavy (non-hydrogen) atoms. The number of ether oxygens (including phenoxy) is 1. The molecular formula is C19H18F4N2O2. The van der Waals surface area contributed by atoms with E-state index >= 15 is 0 Å². The van der Waals surface area contributed by atoms with Crippen LogP contribution in [0.5, 0.6) is 0 Å². The first-order valence-corrected chi connectivity index (χ1v) is 8.39. The van der Waals surface area contributed by atoms with Crippen LogP contribution in [0.15, 0.2) is 48.5 Å². The molecule has 0 spiro atoms. The molecule has 0 aromatic heterocycles. The molecule has 2 aromatic rings. The van der Waals surface area contributed by atoms with Crippen LogP contribution in [-0.2, 0) is 15.7 Å². The predicted molar refractivity (Wildman–Crippen MR) is 91.6 cm³/mol. The lowest BCUT2D eigenvalue weighted by Crippen LogP contribution is -2.44. The summed E-state index contributed by atoms with van der Waals surface area (Å²) in [6, 6.07) is 10.6. The van der Waals surface area contributed by atoms with Crippen LogP contribution in [0, 0.1) is 5.82 Å². The van der Waals surface area contributed by atoms with E-state index in [2.05, 4.69) is 5.32 Å². The van der Waals surface area contributed by atoms with Crippen LogP contribution < -0.4 is 5.32 Å². The molecule has 1 amide bonds. The Labute approximate surface area is 153 Å². The van der Waals surface area contributed by atoms with Crippen LogP contribution in [0.3, 0.4) is 0 Å². The number of nitrogens with zero attached hydrogens (tertiary/aromatic N) is 1. The summed E-state index contributed by atoms with van der Waals surface area (Å²) in [5.74, 6) is -0.601. The van der Waals surface area contributed by atoms with E-state index in [1.807, 2.05) is 0 Å². The molecule has 0 saturated carbocycles. The summed E-state index contributed by atoms with van der Waals surface area (Å²) in [6.45, 7) is 0.893. The smallest absolute Gasteiger partial charge is 0.376 e. The van der Waals surface area contributed by atoms with Gasteiger partial charge in [0, 0.05) is 12.2 Å². The molecule has 1 atom stereocenters. The SMILES string of the molecule is O=C(CNc1cccc(C(F)(F)F)c1)N1CCOC(c2ccc(F)cc2)C1. The molecular weight excluding hydrogens is 364 g/mol. The second-order valence-electron chi connectivity index (χ2n) is 6.18. The summed E-state index contributed by atoms with van der Waals surface area (Å²) < 4.78 is 56.9. The fraction of sp³-hybridized carbons (Fsp3) is 0.316. The highest BCUT2D eigenvalue weighted by atomic mass is 19.4. The first-order chi connectivity index (χ1) is 12.8. The van der Waals surface area contributed by atoms with Gasteiger partial charge in [-0.1, -0.05) is 18.2 Å². The van der Waals surface area contributed by atoms with Crippen molar-refractivity contribution in [1.29, 1.82) is 0 Å². The van der Waals surface area contributed by atoms with E-state index in [0.717, 1.165) is 17.7 Å². The number of nitrogens with one attached hydrogen (secondary N) is 1. The van der Waals surface area contributed by atoms with E-state index in [0.29, 0.717) is 19.7 Å². The maximum atomic E-state index is 13.0. The normalized spacial score (nSPS) is 17.6. The van der Waals surface area contributed by atoms with Gasteiger partial charge in [0.15, 0.2) is 0 Å². The first kappa shape index (κ1) is 19.2. The van der Waals surface area contributed by atoms with Crippen molar-refractivity contribution >= 4 is 11.6 Å². The van der Waals surface area contributed by atoms with E-state index in [4.69, 9.17) is 4.74 Å². The average molecular weight is 382 g/mol. The maximum absolute atomic E-state index is 13.0. The minimum absolute atomic E-state index is 0.128. The molecule has 2 aromatic carbocycles. The Morgan fingerprint density at radius 2 is 1.93 bits per heavy atom. The molecule has 1 N–H and O–H groups in total. The highest BCUT2D eigenvalue weighted by Gasteiger charge is 2.30. The van der Waals surface area contributed by atoms with Crippen LogP contribution in [0.4, 0.5) is 23.2 Å². The van der Waals surface area contributed by atoms with Crippen molar-refractivity contribution in [2.75, 3.05) is 31.6 Å². The summed E-state index contributed by atoms with van der Waals surface area (Å²) in [4.78, 5) is 14.0. The van der Waals surface area contributed by atoms with Crippen LogP contribution in [0.1, 0.15) is 17.2 Å². The van der Waals surface area contributed by atoms with Crippen LogP contribution in [-0.4, -0.2) is 37.0 Å². The van der Waals surface area contributed by atoms with Gasteiger partial charge in [0.25, 0.3) is 0 Å². The summed E-state index contributed by atoms with van der Waals surface area (Å²) in [5, 5.41) is 2.73. The largest absolute Gasteiger partial charge is 0.416 e. The number of carbonyl (C=O) groups is 1. The second kappa shape index (κ2) is 7.96. The predicted octanol–water partition coefficient (Wildman–Crippen LogP) is 3.86. The van der Waals surface area contributed by atoms with Crippen molar-refractivity contribution in [2.24, 2.45) is 0 Å². The number of hydrogen-bond donors (Lipinski definition) is 1. The number of amides is 1. The molecule has 3 rings (SSSR count). The third-order valence-electron chi connectivity index (χ3n) is 4.29. The molecule has 1 unspecified atom stereocenters. The van der Waals surface area contributed by atoms with Gasteiger partial charge >= 0.3 is 6.18 Å². The molecule has 0 aliphatic carbocycles. The Kier molecular flexibility index (Phi) is 5.65. The third kappa shape index (κ3) is 4.97. The minimum Gasteiger partial charge on any atom is -0.376 e. The van der Waals surface area contributed by atoms with Crippen molar-refractivity contribution in [3.05, 3.63) is 65.5 Å². The van der Waals surface area contributed by atoms with Crippen molar-refractivity contribution in [2.45, 2.75) is 12.3 Å². The Bertz CT molecular complexity index is 793. The highest BCUT2D eigenvalue weighted by Crippen LogP contribution is 2.30. The Balaban J connectivity index is 1.58. The van der Waals surface area contributed by atoms with E-state index < -0.39 is 11.7 Å². The van der Waals surface area contributed by atoms with E-state index in [-0.39, 0.29) is 30.1 Å². The van der Waals surface area contributed by atoms with Gasteiger partial charge in [0.1, 0.15) is 11.9 Å². The summed E-state index contributed by atoms with van der Waals surface area (Å²) in [6.07, 6.45) is -4.80. The molecule has 1 aliphatic heterocycles. The molecule has 0 bridgehead atoms. The number of alkyl halides is 3. The number of anilines is 1. The number of morpholine rings is 1. The lowest BCUT2D eigenvalue weighted by atomic mass is 10.1. The number of carbonyl (C=O) groups excluding carboxylic acids is 1. The fourth-order valence-electron chi connectivity index (χ4n) is 2.85. The van der Waals surface area contributed by atoms with Crippen molar-refractivity contribution in [3.8, 4) is 0 Å². The molecule has 0 radical (unpaired) electrons. The molecule has 1 aliphatic rings. The van der Waals surface area contributed by atoms with Crippen LogP contribution in [0.25, 0.3) is 0 Å². The highest BCUT2D eigenvalue weighted by molar-refractivity contribution is 5.81. The van der Waals surface area contributed by atoms with Crippen molar-refractivity contribution in [3.63, 3.8) is 0 Å². The van der Waals surface area contributed by atoms with Gasteiger partial charge in [-0.05, 0) is 35.9 Å². The van der Waals surface area contributed by atoms with E-state index in [1.165, 1.54) is 24.3 Å². The minimum atomic E-state index is -4.44. The van der Waals surface area contributed by atoms with Crippen molar-refractivity contribution in [1.82, 2.24) is 4.90 Å². The van der Waals surface area contributed by atoms with Gasteiger partial charge < -0.3 is 15.0 Å². The standard InChI is InChI=1S/C19H18F4N2O2/c20-15-6-4-13(5-7-15)17-12-25(8-9-27-17)18(26)11-24-16-3-1-2-14(10-16)19(21,22)23/h1-7,10,17,24H,8-9,11-12H2. The first-order valence-electron chi connectivity index (χ1n) is 8.39. The van der Waals surface area contributed by atoms with Gasteiger partial charge in [-0.25, -0.2) is 4.39 Å². The maximum Gasteiger partial charge on any atom is 0.416 e. The van der Waals surface area contributed by atoms with Gasteiger partial charge in [-0.15, -0.1) is 0 Å². The Morgan fingerprint density at radius 1 is 1.19 bits per heavy atom. The summed E-state index contributed by atoms with van der Waals surface area (Å²) in [5.41, 5.74) is 0.212. The summed E-state index contributed by atoms with van der Waals surface area (Å²) in [7, 11) is 0. The summed E-state index contributed by atoms with van der Waals surface area (Å²) >= 11 is 0. The number of benzene rings is 2. The van der Waals surface area contributed by atoms with Gasteiger partial charge in [0.2, 0.25) is 5.91 Å². The molecule has 4 nitrogen and oxygen atoms in total. The lowest BCUT2D eigenvalue weighted by molar-refractivity contribution is -0.137. The van der Waals surface area contributed by atoms with E-state index in [9.17, 15) is 22.4 Å². The monoisotopic (exact) mass is 382 g/mol. The number of hydrogen-bond acceptors (Lipinski definition) is 3. The Morgan fingerprint density at radius 3 is 2.63 bits per heavy atom. The number of halogens is 4. The fourth-order valence-corrected chi connectivity index (χ4v) is 2.85. The molecule has 1 heterocycles. The zero-order valence-electron chi connectivity index (χ0n) is 14.3. The zero-order valence-corrected chi connectivity index (χ0v) is 14.3. The van der Waals surface area contributed by atoms with E-state index in [1.54, 1.807) is 17.0 Å². The zero-order chi connectivity index (χ0) is 19.4. The molecule has 1 saturated heterocycles. The molecule has 1 fully saturated rings. The van der Waals surface area contributed by atoms with Gasteiger partial charge in [-0.2, -0.15) is 13.2 Å². The quantitative estimate of drug-likeness (QED) is 0.817. The van der Waals surface area contributed by atoms with Crippen molar-refractivity contribution < 1.29 is 27.1 Å². The topological polar surface area (TPSA) is 41.6 Å². The second-order valence-corrected chi connectivity index (χ2v) is 6.18. The number of rotatable bonds is 4. The van der Waals surface area contributed by atoms with Crippen LogP contribution >= 0.6 is 0 Å². The van der Waals surface area contributed by atoms with Gasteiger partial charge in [0.05, 0.1) is 25.3 Å². The third-order valence-corrected chi connectivity index (χ3v) is 4.29. The average Bonchev–Trinajstić information content (AvgIpc) is 2.66. The molecule has 8 heteroatoms. The molecule has 144 valence electrons.